The molecular formula is C26H34N6O. The highest BCUT2D eigenvalue weighted by molar-refractivity contribution is 5.89. The van der Waals surface area contributed by atoms with Crippen molar-refractivity contribution in [3.8, 4) is 17.0 Å². The van der Waals surface area contributed by atoms with Gasteiger partial charge in [-0.25, -0.2) is 9.50 Å². The predicted octanol–water partition coefficient (Wildman–Crippen LogP) is 5.43. The molecule has 174 valence electrons. The second kappa shape index (κ2) is 8.78. The summed E-state index contributed by atoms with van der Waals surface area (Å²) in [5.41, 5.74) is 7.43. The summed E-state index contributed by atoms with van der Waals surface area (Å²) in [7, 11) is 1.67. The number of hydrogen-bond acceptors (Lipinski definition) is 5. The van der Waals surface area contributed by atoms with Gasteiger partial charge in [0.05, 0.1) is 23.8 Å². The van der Waals surface area contributed by atoms with E-state index in [1.165, 1.54) is 36.9 Å². The maximum Gasteiger partial charge on any atom is 0.197 e. The highest BCUT2D eigenvalue weighted by Gasteiger charge is 2.25. The first-order chi connectivity index (χ1) is 15.9. The Morgan fingerprint density at radius 1 is 1.12 bits per heavy atom. The highest BCUT2D eigenvalue weighted by Crippen LogP contribution is 2.38. The molecule has 0 bridgehead atoms. The van der Waals surface area contributed by atoms with Crippen LogP contribution < -0.4 is 10.1 Å². The fourth-order valence-electron chi connectivity index (χ4n) is 5.33. The molecule has 4 aromatic heterocycles. The van der Waals surface area contributed by atoms with Crippen LogP contribution in [0, 0.1) is 0 Å². The minimum absolute atomic E-state index is 0.319. The van der Waals surface area contributed by atoms with Crippen LogP contribution >= 0.6 is 0 Å². The molecule has 0 radical (unpaired) electrons. The van der Waals surface area contributed by atoms with Crippen molar-refractivity contribution >= 4 is 16.7 Å². The minimum atomic E-state index is 0.319. The molecule has 4 heterocycles. The van der Waals surface area contributed by atoms with Gasteiger partial charge >= 0.3 is 0 Å². The Morgan fingerprint density at radius 2 is 1.91 bits per heavy atom. The zero-order valence-electron chi connectivity index (χ0n) is 20.2. The van der Waals surface area contributed by atoms with Gasteiger partial charge in [-0.2, -0.15) is 5.10 Å². The van der Waals surface area contributed by atoms with Gasteiger partial charge in [0.1, 0.15) is 6.33 Å². The summed E-state index contributed by atoms with van der Waals surface area (Å²) < 4.78 is 7.37. The van der Waals surface area contributed by atoms with Crippen LogP contribution in [-0.4, -0.2) is 43.8 Å². The van der Waals surface area contributed by atoms with Crippen LogP contribution in [0.4, 0.5) is 0 Å². The molecule has 0 saturated heterocycles. The standard InChI is InChI=1S/C26H34N6O/c1-15(2)23-24(18-12-22(33-5)26-27-14-28-32(26)13-18)31-21-11-10-20(30-25(21)23)17-6-8-19(9-7-17)29-16(3)4/h10-17,19,29,31H,6-9H2,1-5H3. The smallest absolute Gasteiger partial charge is 0.197 e. The summed E-state index contributed by atoms with van der Waals surface area (Å²) >= 11 is 0. The lowest BCUT2D eigenvalue weighted by molar-refractivity contribution is 0.323. The van der Waals surface area contributed by atoms with Crippen LogP contribution in [0.2, 0.25) is 0 Å². The van der Waals surface area contributed by atoms with Gasteiger partial charge in [0, 0.05) is 41.0 Å². The lowest BCUT2D eigenvalue weighted by atomic mass is 9.83. The van der Waals surface area contributed by atoms with Crippen molar-refractivity contribution in [2.24, 2.45) is 0 Å². The second-order valence-corrected chi connectivity index (χ2v) is 9.90. The summed E-state index contributed by atoms with van der Waals surface area (Å²) in [6.07, 6.45) is 8.38. The number of fused-ring (bicyclic) bond motifs is 2. The lowest BCUT2D eigenvalue weighted by Crippen LogP contribution is -2.37. The minimum Gasteiger partial charge on any atom is -0.493 e. The van der Waals surface area contributed by atoms with Gasteiger partial charge in [0.2, 0.25) is 0 Å². The van der Waals surface area contributed by atoms with E-state index in [-0.39, 0.29) is 0 Å². The Morgan fingerprint density at radius 3 is 2.61 bits per heavy atom. The van der Waals surface area contributed by atoms with E-state index in [9.17, 15) is 0 Å². The topological polar surface area (TPSA) is 80.1 Å². The normalized spacial score (nSPS) is 19.2. The molecule has 0 unspecified atom stereocenters. The van der Waals surface area contributed by atoms with Crippen LogP contribution in [0.25, 0.3) is 27.9 Å². The average molecular weight is 447 g/mol. The number of nitrogens with zero attached hydrogens (tertiary/aromatic N) is 4. The van der Waals surface area contributed by atoms with Gasteiger partial charge < -0.3 is 15.0 Å². The van der Waals surface area contributed by atoms with Crippen LogP contribution in [-0.2, 0) is 0 Å². The van der Waals surface area contributed by atoms with Crippen molar-refractivity contribution in [2.45, 2.75) is 77.3 Å². The molecular weight excluding hydrogens is 412 g/mol. The molecule has 1 saturated carbocycles. The van der Waals surface area contributed by atoms with E-state index >= 15 is 0 Å². The van der Waals surface area contributed by atoms with Crippen LogP contribution in [0.3, 0.4) is 0 Å². The van der Waals surface area contributed by atoms with Crippen molar-refractivity contribution < 1.29 is 4.74 Å². The number of H-pyrrole nitrogens is 1. The molecule has 0 atom stereocenters. The molecule has 33 heavy (non-hydrogen) atoms. The number of aromatic amines is 1. The largest absolute Gasteiger partial charge is 0.493 e. The Balaban J connectivity index is 1.53. The number of hydrogen-bond donors (Lipinski definition) is 2. The number of pyridine rings is 2. The monoisotopic (exact) mass is 446 g/mol. The van der Waals surface area contributed by atoms with E-state index in [1.807, 2.05) is 12.3 Å². The van der Waals surface area contributed by atoms with E-state index in [4.69, 9.17) is 9.72 Å². The van der Waals surface area contributed by atoms with Crippen LogP contribution in [0.5, 0.6) is 5.75 Å². The molecule has 0 aromatic carbocycles. The van der Waals surface area contributed by atoms with Crippen molar-refractivity contribution in [3.05, 3.63) is 42.0 Å². The maximum atomic E-state index is 5.60. The molecule has 5 rings (SSSR count). The Kier molecular flexibility index (Phi) is 5.83. The lowest BCUT2D eigenvalue weighted by Gasteiger charge is -2.30. The van der Waals surface area contributed by atoms with Crippen LogP contribution in [0.15, 0.2) is 30.7 Å². The number of methoxy groups -OCH3 is 1. The molecule has 1 aliphatic carbocycles. The zero-order valence-corrected chi connectivity index (χ0v) is 20.2. The van der Waals surface area contributed by atoms with Gasteiger partial charge in [0.25, 0.3) is 0 Å². The number of nitrogens with one attached hydrogen (secondary N) is 2. The summed E-state index contributed by atoms with van der Waals surface area (Å²) in [4.78, 5) is 13.2. The molecule has 7 nitrogen and oxygen atoms in total. The zero-order chi connectivity index (χ0) is 23.1. The van der Waals surface area contributed by atoms with E-state index in [0.717, 1.165) is 22.3 Å². The summed E-state index contributed by atoms with van der Waals surface area (Å²) in [5, 5.41) is 8.03. The van der Waals surface area contributed by atoms with Gasteiger partial charge in [0.15, 0.2) is 11.4 Å². The predicted molar refractivity (Wildman–Crippen MR) is 132 cm³/mol. The second-order valence-electron chi connectivity index (χ2n) is 9.90. The van der Waals surface area contributed by atoms with E-state index in [0.29, 0.717) is 35.3 Å². The first-order valence-corrected chi connectivity index (χ1v) is 12.1. The quantitative estimate of drug-likeness (QED) is 0.413. The van der Waals surface area contributed by atoms with Gasteiger partial charge in [-0.3, -0.25) is 4.98 Å². The molecule has 4 aromatic rings. The Hall–Kier alpha value is -2.93. The van der Waals surface area contributed by atoms with E-state index in [1.54, 1.807) is 18.0 Å². The molecule has 7 heteroatoms. The first kappa shape index (κ1) is 21.9. The van der Waals surface area contributed by atoms with Crippen molar-refractivity contribution in [2.75, 3.05) is 7.11 Å². The third-order valence-corrected chi connectivity index (χ3v) is 6.84. The van der Waals surface area contributed by atoms with Crippen molar-refractivity contribution in [1.29, 1.82) is 0 Å². The third kappa shape index (κ3) is 4.10. The number of rotatable bonds is 6. The summed E-state index contributed by atoms with van der Waals surface area (Å²) in [6.45, 7) is 8.92. The fraction of sp³-hybridized carbons (Fsp3) is 0.500. The molecule has 0 amide bonds. The molecule has 1 fully saturated rings. The molecule has 0 aliphatic heterocycles. The number of aromatic nitrogens is 5. The van der Waals surface area contributed by atoms with E-state index in [2.05, 4.69) is 60.2 Å². The maximum absolute atomic E-state index is 5.60. The van der Waals surface area contributed by atoms with Gasteiger partial charge in [-0.15, -0.1) is 0 Å². The Labute approximate surface area is 195 Å². The molecule has 1 aliphatic rings. The SMILES string of the molecule is COc1cc(-c2[nH]c3ccc(C4CCC(NC(C)C)CC4)nc3c2C(C)C)cn2ncnc12. The third-order valence-electron chi connectivity index (χ3n) is 6.84. The van der Waals surface area contributed by atoms with Gasteiger partial charge in [-0.1, -0.05) is 27.7 Å². The summed E-state index contributed by atoms with van der Waals surface area (Å²) in [5.74, 6) is 1.56. The number of ether oxygens (including phenoxy) is 1. The van der Waals surface area contributed by atoms with Crippen molar-refractivity contribution in [3.63, 3.8) is 0 Å². The Bertz CT molecular complexity index is 1260. The average Bonchev–Trinajstić information content (AvgIpc) is 3.42. The molecule has 0 spiro atoms. The fourth-order valence-corrected chi connectivity index (χ4v) is 5.33. The van der Waals surface area contributed by atoms with Gasteiger partial charge in [-0.05, 0) is 49.8 Å². The summed E-state index contributed by atoms with van der Waals surface area (Å²) in [6, 6.07) is 7.63. The molecule has 2 N–H and O–H groups in total. The van der Waals surface area contributed by atoms with E-state index < -0.39 is 0 Å². The van der Waals surface area contributed by atoms with Crippen molar-refractivity contribution in [1.82, 2.24) is 29.9 Å². The highest BCUT2D eigenvalue weighted by atomic mass is 16.5. The van der Waals surface area contributed by atoms with Crippen LogP contribution in [0.1, 0.15) is 76.5 Å². The first-order valence-electron chi connectivity index (χ1n) is 12.1.